The lowest BCUT2D eigenvalue weighted by molar-refractivity contribution is -0.120. The Morgan fingerprint density at radius 1 is 1.20 bits per heavy atom. The molecular formula is C27H31F2N3O2S. The Labute approximate surface area is 208 Å². The van der Waals surface area contributed by atoms with Gasteiger partial charge in [-0.3, -0.25) is 4.79 Å². The van der Waals surface area contributed by atoms with E-state index >= 15 is 0 Å². The van der Waals surface area contributed by atoms with E-state index in [0.717, 1.165) is 36.8 Å². The lowest BCUT2D eigenvalue weighted by Crippen LogP contribution is -2.48. The monoisotopic (exact) mass is 499 g/mol. The highest BCUT2D eigenvalue weighted by atomic mass is 32.1. The number of nitrogens with one attached hydrogen (secondary N) is 2. The molecule has 1 amide bonds. The smallest absolute Gasteiger partial charge is 0.217 e. The van der Waals surface area contributed by atoms with Gasteiger partial charge in [0.25, 0.3) is 0 Å². The van der Waals surface area contributed by atoms with Crippen LogP contribution in [0.4, 0.5) is 8.78 Å². The molecule has 186 valence electrons. The van der Waals surface area contributed by atoms with Crippen molar-refractivity contribution in [2.45, 2.75) is 64.1 Å². The van der Waals surface area contributed by atoms with Crippen molar-refractivity contribution < 1.29 is 18.7 Å². The summed E-state index contributed by atoms with van der Waals surface area (Å²) in [7, 11) is 0. The third-order valence-electron chi connectivity index (χ3n) is 6.51. The van der Waals surface area contributed by atoms with Gasteiger partial charge in [0.1, 0.15) is 16.6 Å². The zero-order valence-electron chi connectivity index (χ0n) is 20.0. The maximum atomic E-state index is 13.7. The van der Waals surface area contributed by atoms with Gasteiger partial charge < -0.3 is 15.7 Å². The van der Waals surface area contributed by atoms with Crippen molar-refractivity contribution in [2.75, 3.05) is 6.54 Å². The molecule has 1 aliphatic carbocycles. The first-order valence-corrected chi connectivity index (χ1v) is 12.9. The van der Waals surface area contributed by atoms with Crippen LogP contribution in [0, 0.1) is 11.6 Å². The topological polar surface area (TPSA) is 74.2 Å². The standard InChI is InChI=1S/C27H31F2N3O2S/c1-3-17-11-22-21(23(12-17)27-30-7-8-35-27)5-4-6-24(22)31-15-26(34)25(32-16(2)33)13-18-9-19(28)14-20(29)10-18/h7-12,14,24-26,31,34H,3-6,13,15H2,1-2H3,(H,32,33)/t24-,25+,26-/m1/s1. The van der Waals surface area contributed by atoms with Crippen molar-refractivity contribution in [1.82, 2.24) is 15.6 Å². The molecule has 1 aliphatic rings. The predicted molar refractivity (Wildman–Crippen MR) is 134 cm³/mol. The normalized spacial score (nSPS) is 17.0. The van der Waals surface area contributed by atoms with Crippen LogP contribution in [0.5, 0.6) is 0 Å². The molecule has 3 N–H and O–H groups in total. The van der Waals surface area contributed by atoms with Crippen LogP contribution in [0.2, 0.25) is 0 Å². The van der Waals surface area contributed by atoms with E-state index < -0.39 is 23.8 Å². The lowest BCUT2D eigenvalue weighted by Gasteiger charge is -2.31. The fraction of sp³-hybridized carbons (Fsp3) is 0.407. The largest absolute Gasteiger partial charge is 0.390 e. The first-order chi connectivity index (χ1) is 16.8. The van der Waals surface area contributed by atoms with Crippen LogP contribution in [-0.2, 0) is 24.1 Å². The quantitative estimate of drug-likeness (QED) is 0.398. The van der Waals surface area contributed by atoms with Crippen LogP contribution in [0.15, 0.2) is 41.9 Å². The third-order valence-corrected chi connectivity index (χ3v) is 7.32. The average molecular weight is 500 g/mol. The Kier molecular flexibility index (Phi) is 8.26. The number of carbonyl (C=O) groups is 1. The second-order valence-corrected chi connectivity index (χ2v) is 10.0. The molecule has 0 unspecified atom stereocenters. The first kappa shape index (κ1) is 25.4. The number of nitrogens with zero attached hydrogens (tertiary/aromatic N) is 1. The van der Waals surface area contributed by atoms with Gasteiger partial charge in [0.2, 0.25) is 5.91 Å². The fourth-order valence-electron chi connectivity index (χ4n) is 4.88. The Morgan fingerprint density at radius 3 is 2.63 bits per heavy atom. The number of carbonyl (C=O) groups excluding carboxylic acids is 1. The number of rotatable bonds is 9. The van der Waals surface area contributed by atoms with Crippen molar-refractivity contribution in [1.29, 1.82) is 0 Å². The van der Waals surface area contributed by atoms with Gasteiger partial charge in [-0.25, -0.2) is 13.8 Å². The number of hydrogen-bond donors (Lipinski definition) is 3. The number of aromatic nitrogens is 1. The minimum Gasteiger partial charge on any atom is -0.390 e. The Bertz CT molecular complexity index is 1150. The molecule has 0 aliphatic heterocycles. The molecule has 35 heavy (non-hydrogen) atoms. The Balaban J connectivity index is 1.52. The summed E-state index contributed by atoms with van der Waals surface area (Å²) in [6.45, 7) is 3.73. The molecular weight excluding hydrogens is 468 g/mol. The zero-order valence-corrected chi connectivity index (χ0v) is 20.8. The molecule has 2 aromatic carbocycles. The SMILES string of the molecule is CCc1cc(-c2nccs2)c2c(c1)[C@H](NC[C@@H](O)[C@H](Cc1cc(F)cc(F)c1)NC(C)=O)CCC2. The van der Waals surface area contributed by atoms with Crippen molar-refractivity contribution >= 4 is 17.2 Å². The minimum atomic E-state index is -0.941. The molecule has 1 heterocycles. The van der Waals surface area contributed by atoms with Gasteiger partial charge in [-0.1, -0.05) is 13.0 Å². The van der Waals surface area contributed by atoms with E-state index in [0.29, 0.717) is 5.56 Å². The van der Waals surface area contributed by atoms with Gasteiger partial charge in [0.05, 0.1) is 12.1 Å². The van der Waals surface area contributed by atoms with Crippen LogP contribution < -0.4 is 10.6 Å². The zero-order chi connectivity index (χ0) is 24.9. The van der Waals surface area contributed by atoms with Gasteiger partial charge in [-0.15, -0.1) is 11.3 Å². The molecule has 3 atom stereocenters. The molecule has 0 saturated heterocycles. The highest BCUT2D eigenvalue weighted by Gasteiger charge is 2.27. The maximum Gasteiger partial charge on any atom is 0.217 e. The first-order valence-electron chi connectivity index (χ1n) is 12.0. The van der Waals surface area contributed by atoms with Crippen LogP contribution in [0.3, 0.4) is 0 Å². The number of fused-ring (bicyclic) bond motifs is 1. The van der Waals surface area contributed by atoms with Gasteiger partial charge in [-0.2, -0.15) is 0 Å². The van der Waals surface area contributed by atoms with E-state index in [1.165, 1.54) is 41.3 Å². The summed E-state index contributed by atoms with van der Waals surface area (Å²) in [5, 5.41) is 20.2. The summed E-state index contributed by atoms with van der Waals surface area (Å²) in [6.07, 6.45) is 4.85. The highest BCUT2D eigenvalue weighted by Crippen LogP contribution is 2.38. The third kappa shape index (κ3) is 6.31. The summed E-state index contributed by atoms with van der Waals surface area (Å²) in [5.74, 6) is -1.68. The summed E-state index contributed by atoms with van der Waals surface area (Å²) in [4.78, 5) is 16.3. The van der Waals surface area contributed by atoms with E-state index in [1.54, 1.807) is 11.3 Å². The van der Waals surface area contributed by atoms with Crippen LogP contribution in [0.1, 0.15) is 55.0 Å². The molecule has 5 nitrogen and oxygen atoms in total. The van der Waals surface area contributed by atoms with E-state index in [2.05, 4.69) is 34.7 Å². The van der Waals surface area contributed by atoms with Gasteiger partial charge >= 0.3 is 0 Å². The summed E-state index contributed by atoms with van der Waals surface area (Å²) >= 11 is 1.63. The minimum absolute atomic E-state index is 0.0585. The number of aryl methyl sites for hydroxylation is 1. The maximum absolute atomic E-state index is 13.7. The number of hydrogen-bond acceptors (Lipinski definition) is 5. The molecule has 4 rings (SSSR count). The van der Waals surface area contributed by atoms with Gasteiger partial charge in [0.15, 0.2) is 0 Å². The number of aliphatic hydroxyl groups is 1. The van der Waals surface area contributed by atoms with E-state index in [-0.39, 0.29) is 24.9 Å². The summed E-state index contributed by atoms with van der Waals surface area (Å²) in [5.41, 5.74) is 5.34. The Hall–Kier alpha value is -2.68. The average Bonchev–Trinajstić information content (AvgIpc) is 3.35. The number of halogens is 2. The molecule has 0 radical (unpaired) electrons. The molecule has 0 saturated carbocycles. The van der Waals surface area contributed by atoms with Gasteiger partial charge in [0, 0.05) is 42.7 Å². The van der Waals surface area contributed by atoms with Crippen LogP contribution in [-0.4, -0.2) is 34.7 Å². The number of amides is 1. The van der Waals surface area contributed by atoms with E-state index in [9.17, 15) is 18.7 Å². The van der Waals surface area contributed by atoms with Crippen molar-refractivity contribution in [3.63, 3.8) is 0 Å². The Morgan fingerprint density at radius 2 is 1.97 bits per heavy atom. The van der Waals surface area contributed by atoms with Crippen molar-refractivity contribution in [3.05, 3.63) is 75.8 Å². The van der Waals surface area contributed by atoms with E-state index in [1.807, 2.05) is 11.6 Å². The number of benzene rings is 2. The van der Waals surface area contributed by atoms with Crippen molar-refractivity contribution in [3.8, 4) is 10.6 Å². The summed E-state index contributed by atoms with van der Waals surface area (Å²) < 4.78 is 27.3. The van der Waals surface area contributed by atoms with Crippen molar-refractivity contribution in [2.24, 2.45) is 0 Å². The molecule has 3 aromatic rings. The van der Waals surface area contributed by atoms with E-state index in [4.69, 9.17) is 0 Å². The molecule has 8 heteroatoms. The predicted octanol–water partition coefficient (Wildman–Crippen LogP) is 4.73. The van der Waals surface area contributed by atoms with Crippen LogP contribution in [0.25, 0.3) is 10.6 Å². The second-order valence-electron chi connectivity index (χ2n) is 9.11. The fourth-order valence-corrected chi connectivity index (χ4v) is 5.56. The van der Waals surface area contributed by atoms with Gasteiger partial charge in [-0.05, 0) is 72.6 Å². The summed E-state index contributed by atoms with van der Waals surface area (Å²) in [6, 6.07) is 7.11. The molecule has 0 fully saturated rings. The lowest BCUT2D eigenvalue weighted by atomic mass is 9.83. The number of thiazole rings is 1. The molecule has 1 aromatic heterocycles. The number of aliphatic hydroxyl groups excluding tert-OH is 1. The second kappa shape index (κ2) is 11.4. The highest BCUT2D eigenvalue weighted by molar-refractivity contribution is 7.13. The molecule has 0 bridgehead atoms. The molecule has 0 spiro atoms. The van der Waals surface area contributed by atoms with Crippen LogP contribution >= 0.6 is 11.3 Å².